The van der Waals surface area contributed by atoms with Crippen LogP contribution in [0.15, 0.2) is 18.2 Å². The summed E-state index contributed by atoms with van der Waals surface area (Å²) >= 11 is 5.70. The lowest BCUT2D eigenvalue weighted by molar-refractivity contribution is -0.136. The topological polar surface area (TPSA) is 52.7 Å². The number of benzene rings is 1. The zero-order valence-corrected chi connectivity index (χ0v) is 12.8. The van der Waals surface area contributed by atoms with Crippen LogP contribution in [0.1, 0.15) is 19.3 Å². The maximum atomic E-state index is 13.1. The Balaban J connectivity index is 1.61. The second-order valence-corrected chi connectivity index (χ2v) is 6.18. The summed E-state index contributed by atoms with van der Waals surface area (Å²) in [6.07, 6.45) is 2.65. The largest absolute Gasteiger partial charge is 0.324 e. The molecule has 118 valence electrons. The third kappa shape index (κ3) is 3.50. The molecular formula is C15H17ClFN3O2. The number of urea groups is 1. The van der Waals surface area contributed by atoms with Gasteiger partial charge in [-0.2, -0.15) is 0 Å². The predicted molar refractivity (Wildman–Crippen MR) is 81.1 cm³/mol. The molecule has 1 heterocycles. The van der Waals surface area contributed by atoms with Gasteiger partial charge < -0.3 is 15.1 Å². The van der Waals surface area contributed by atoms with Crippen LogP contribution in [0.2, 0.25) is 5.02 Å². The van der Waals surface area contributed by atoms with Gasteiger partial charge in [0.1, 0.15) is 5.82 Å². The van der Waals surface area contributed by atoms with E-state index in [1.165, 1.54) is 18.2 Å². The molecular weight excluding hydrogens is 309 g/mol. The standard InChI is InChI=1S/C15H17ClFN3O2/c16-12-7-11(3-4-13(12)17)18-15(22)19-6-5-14(21)20(9-19)8-10-1-2-10/h3-4,7,10H,1-2,5-6,8-9H2,(H,18,22). The van der Waals surface area contributed by atoms with Gasteiger partial charge in [0.25, 0.3) is 0 Å². The minimum atomic E-state index is -0.529. The van der Waals surface area contributed by atoms with Crippen molar-refractivity contribution in [3.8, 4) is 0 Å². The molecule has 0 aromatic heterocycles. The molecule has 7 heteroatoms. The Kier molecular flexibility index (Phi) is 4.20. The summed E-state index contributed by atoms with van der Waals surface area (Å²) < 4.78 is 13.1. The molecule has 1 aliphatic carbocycles. The van der Waals surface area contributed by atoms with Gasteiger partial charge in [-0.15, -0.1) is 0 Å². The molecule has 1 saturated carbocycles. The third-order valence-corrected chi connectivity index (χ3v) is 4.21. The first-order chi connectivity index (χ1) is 10.5. The molecule has 1 aromatic rings. The Morgan fingerprint density at radius 3 is 2.86 bits per heavy atom. The van der Waals surface area contributed by atoms with Gasteiger partial charge in [0.05, 0.1) is 11.7 Å². The van der Waals surface area contributed by atoms with Gasteiger partial charge in [-0.25, -0.2) is 9.18 Å². The summed E-state index contributed by atoms with van der Waals surface area (Å²) in [7, 11) is 0. The molecule has 1 aromatic carbocycles. The SMILES string of the molecule is O=C1CCN(C(=O)Nc2ccc(F)c(Cl)c2)CN1CC1CC1. The zero-order chi connectivity index (χ0) is 15.7. The van der Waals surface area contributed by atoms with E-state index in [0.29, 0.717) is 31.2 Å². The molecule has 3 rings (SSSR count). The van der Waals surface area contributed by atoms with Crippen LogP contribution in [0.5, 0.6) is 0 Å². The first kappa shape index (κ1) is 15.1. The van der Waals surface area contributed by atoms with Gasteiger partial charge in [-0.3, -0.25) is 4.79 Å². The highest BCUT2D eigenvalue weighted by Gasteiger charge is 2.31. The van der Waals surface area contributed by atoms with Gasteiger partial charge in [0.2, 0.25) is 5.91 Å². The lowest BCUT2D eigenvalue weighted by Gasteiger charge is -2.35. The number of amides is 3. The highest BCUT2D eigenvalue weighted by Crippen LogP contribution is 2.30. The quantitative estimate of drug-likeness (QED) is 0.929. The smallest absolute Gasteiger partial charge is 0.323 e. The Labute approximate surface area is 133 Å². The van der Waals surface area contributed by atoms with Crippen LogP contribution in [0.3, 0.4) is 0 Å². The minimum absolute atomic E-state index is 0.0398. The van der Waals surface area contributed by atoms with E-state index in [4.69, 9.17) is 11.6 Å². The predicted octanol–water partition coefficient (Wildman–Crippen LogP) is 2.91. The molecule has 1 aliphatic heterocycles. The molecule has 0 unspecified atom stereocenters. The summed E-state index contributed by atoms with van der Waals surface area (Å²) in [5.41, 5.74) is 0.432. The van der Waals surface area contributed by atoms with Crippen molar-refractivity contribution in [2.75, 3.05) is 25.1 Å². The molecule has 1 saturated heterocycles. The highest BCUT2D eigenvalue weighted by atomic mass is 35.5. The van der Waals surface area contributed by atoms with Gasteiger partial charge in [-0.1, -0.05) is 11.6 Å². The van der Waals surface area contributed by atoms with Crippen LogP contribution in [0.25, 0.3) is 0 Å². The maximum Gasteiger partial charge on any atom is 0.323 e. The second-order valence-electron chi connectivity index (χ2n) is 5.77. The summed E-state index contributed by atoms with van der Waals surface area (Å²) in [4.78, 5) is 27.5. The fourth-order valence-corrected chi connectivity index (χ4v) is 2.64. The van der Waals surface area contributed by atoms with E-state index in [2.05, 4.69) is 5.32 Å². The van der Waals surface area contributed by atoms with E-state index in [0.717, 1.165) is 19.4 Å². The zero-order valence-electron chi connectivity index (χ0n) is 12.0. The van der Waals surface area contributed by atoms with Crippen molar-refractivity contribution in [3.05, 3.63) is 29.0 Å². The Bertz CT molecular complexity index is 606. The fourth-order valence-electron chi connectivity index (χ4n) is 2.46. The molecule has 0 spiro atoms. The molecule has 2 fully saturated rings. The number of hydrogen-bond acceptors (Lipinski definition) is 2. The van der Waals surface area contributed by atoms with E-state index in [9.17, 15) is 14.0 Å². The van der Waals surface area contributed by atoms with Crippen LogP contribution in [-0.2, 0) is 4.79 Å². The number of halogens is 2. The van der Waals surface area contributed by atoms with Crippen molar-refractivity contribution in [3.63, 3.8) is 0 Å². The lowest BCUT2D eigenvalue weighted by atomic mass is 10.2. The summed E-state index contributed by atoms with van der Waals surface area (Å²) in [6, 6.07) is 3.72. The molecule has 1 N–H and O–H groups in total. The van der Waals surface area contributed by atoms with E-state index in [-0.39, 0.29) is 17.0 Å². The van der Waals surface area contributed by atoms with Crippen LogP contribution in [0, 0.1) is 11.7 Å². The molecule has 3 amide bonds. The second kappa shape index (κ2) is 6.12. The third-order valence-electron chi connectivity index (χ3n) is 3.92. The summed E-state index contributed by atoms with van der Waals surface area (Å²) in [6.45, 7) is 1.42. The minimum Gasteiger partial charge on any atom is -0.324 e. The first-order valence-corrected chi connectivity index (χ1v) is 7.69. The number of anilines is 1. The van der Waals surface area contributed by atoms with Crippen LogP contribution in [-0.4, -0.2) is 41.5 Å². The molecule has 5 nitrogen and oxygen atoms in total. The first-order valence-electron chi connectivity index (χ1n) is 7.31. The van der Waals surface area contributed by atoms with Crippen LogP contribution >= 0.6 is 11.6 Å². The van der Waals surface area contributed by atoms with E-state index >= 15 is 0 Å². The van der Waals surface area contributed by atoms with Gasteiger partial charge in [0, 0.05) is 25.2 Å². The monoisotopic (exact) mass is 325 g/mol. The fraction of sp³-hybridized carbons (Fsp3) is 0.467. The lowest BCUT2D eigenvalue weighted by Crippen LogP contribution is -2.52. The van der Waals surface area contributed by atoms with Crippen molar-refractivity contribution in [2.24, 2.45) is 5.92 Å². The van der Waals surface area contributed by atoms with Gasteiger partial charge >= 0.3 is 6.03 Å². The van der Waals surface area contributed by atoms with Crippen LogP contribution < -0.4 is 5.32 Å². The number of nitrogens with one attached hydrogen (secondary N) is 1. The van der Waals surface area contributed by atoms with E-state index < -0.39 is 5.82 Å². The summed E-state index contributed by atoms with van der Waals surface area (Å²) in [5, 5.41) is 2.64. The van der Waals surface area contributed by atoms with Gasteiger partial charge in [0.15, 0.2) is 0 Å². The number of carbonyl (C=O) groups excluding carboxylic acids is 2. The Morgan fingerprint density at radius 1 is 1.41 bits per heavy atom. The van der Waals surface area contributed by atoms with Gasteiger partial charge in [-0.05, 0) is 37.0 Å². The average Bonchev–Trinajstić information content (AvgIpc) is 3.29. The van der Waals surface area contributed by atoms with Crippen LogP contribution in [0.4, 0.5) is 14.9 Å². The molecule has 0 atom stereocenters. The van der Waals surface area contributed by atoms with Crippen molar-refractivity contribution < 1.29 is 14.0 Å². The van der Waals surface area contributed by atoms with Crippen molar-refractivity contribution in [1.29, 1.82) is 0 Å². The molecule has 22 heavy (non-hydrogen) atoms. The Hall–Kier alpha value is -1.82. The highest BCUT2D eigenvalue weighted by molar-refractivity contribution is 6.31. The molecule has 2 aliphatic rings. The summed E-state index contributed by atoms with van der Waals surface area (Å²) in [5.74, 6) is 0.155. The number of carbonyl (C=O) groups is 2. The van der Waals surface area contributed by atoms with Crippen molar-refractivity contribution >= 4 is 29.2 Å². The number of rotatable bonds is 3. The average molecular weight is 326 g/mol. The van der Waals surface area contributed by atoms with E-state index in [1.807, 2.05) is 0 Å². The molecule has 0 radical (unpaired) electrons. The Morgan fingerprint density at radius 2 is 2.18 bits per heavy atom. The number of nitrogens with zero attached hydrogens (tertiary/aromatic N) is 2. The van der Waals surface area contributed by atoms with E-state index in [1.54, 1.807) is 9.80 Å². The maximum absolute atomic E-state index is 13.1. The van der Waals surface area contributed by atoms with Crippen molar-refractivity contribution in [2.45, 2.75) is 19.3 Å². The molecule has 0 bridgehead atoms. The van der Waals surface area contributed by atoms with Crippen molar-refractivity contribution in [1.82, 2.24) is 9.80 Å². The normalized spacial score (nSPS) is 18.5. The number of hydrogen-bond donors (Lipinski definition) is 1.